The van der Waals surface area contributed by atoms with Crippen molar-refractivity contribution in [2.24, 2.45) is 0 Å². The summed E-state index contributed by atoms with van der Waals surface area (Å²) >= 11 is 9.17. The SMILES string of the molecule is O=C(COC(=O)/C=C/c1ccccc1Br)NCc1ccc(Cl)cc1. The Labute approximate surface area is 153 Å². The molecule has 24 heavy (non-hydrogen) atoms. The lowest BCUT2D eigenvalue weighted by molar-refractivity contribution is -0.143. The second-order valence-electron chi connectivity index (χ2n) is 4.87. The number of nitrogens with one attached hydrogen (secondary N) is 1. The number of carbonyl (C=O) groups is 2. The van der Waals surface area contributed by atoms with Gasteiger partial charge in [0.1, 0.15) is 0 Å². The summed E-state index contributed by atoms with van der Waals surface area (Å²) in [5.74, 6) is -0.944. The third-order valence-corrected chi connectivity index (χ3v) is 4.03. The molecular weight excluding hydrogens is 394 g/mol. The van der Waals surface area contributed by atoms with Crippen molar-refractivity contribution in [3.63, 3.8) is 0 Å². The molecule has 2 aromatic rings. The molecule has 0 fully saturated rings. The number of hydrogen-bond acceptors (Lipinski definition) is 3. The molecule has 0 aliphatic carbocycles. The smallest absolute Gasteiger partial charge is 0.331 e. The van der Waals surface area contributed by atoms with Crippen LogP contribution in [0.1, 0.15) is 11.1 Å². The number of hydrogen-bond donors (Lipinski definition) is 1. The Morgan fingerprint density at radius 3 is 2.54 bits per heavy atom. The van der Waals surface area contributed by atoms with Crippen molar-refractivity contribution in [1.29, 1.82) is 0 Å². The Balaban J connectivity index is 1.74. The second kappa shape index (κ2) is 9.25. The summed E-state index contributed by atoms with van der Waals surface area (Å²) in [4.78, 5) is 23.3. The van der Waals surface area contributed by atoms with Crippen LogP contribution in [0.15, 0.2) is 59.1 Å². The van der Waals surface area contributed by atoms with Gasteiger partial charge in [0.15, 0.2) is 6.61 Å². The first-order valence-electron chi connectivity index (χ1n) is 7.15. The first-order valence-corrected chi connectivity index (χ1v) is 8.32. The molecule has 6 heteroatoms. The van der Waals surface area contributed by atoms with Gasteiger partial charge in [0.2, 0.25) is 0 Å². The molecule has 0 aromatic heterocycles. The minimum atomic E-state index is -0.576. The van der Waals surface area contributed by atoms with Crippen LogP contribution < -0.4 is 5.32 Å². The fourth-order valence-electron chi connectivity index (χ4n) is 1.81. The van der Waals surface area contributed by atoms with Gasteiger partial charge in [-0.15, -0.1) is 0 Å². The highest BCUT2D eigenvalue weighted by Gasteiger charge is 2.05. The summed E-state index contributed by atoms with van der Waals surface area (Å²) < 4.78 is 5.77. The zero-order valence-electron chi connectivity index (χ0n) is 12.7. The Bertz CT molecular complexity index is 744. The van der Waals surface area contributed by atoms with Crippen molar-refractivity contribution in [2.45, 2.75) is 6.54 Å². The first kappa shape index (κ1) is 18.2. The van der Waals surface area contributed by atoms with Gasteiger partial charge in [-0.2, -0.15) is 0 Å². The maximum atomic E-state index is 11.7. The quantitative estimate of drug-likeness (QED) is 0.581. The lowest BCUT2D eigenvalue weighted by Gasteiger charge is -2.05. The molecule has 1 amide bonds. The second-order valence-corrected chi connectivity index (χ2v) is 6.16. The third kappa shape index (κ3) is 6.18. The van der Waals surface area contributed by atoms with E-state index >= 15 is 0 Å². The minimum absolute atomic E-state index is 0.327. The summed E-state index contributed by atoms with van der Waals surface area (Å²) in [5, 5.41) is 3.30. The maximum absolute atomic E-state index is 11.7. The summed E-state index contributed by atoms with van der Waals surface area (Å²) in [5.41, 5.74) is 1.76. The van der Waals surface area contributed by atoms with Crippen LogP contribution >= 0.6 is 27.5 Å². The summed E-state index contributed by atoms with van der Waals surface area (Å²) in [7, 11) is 0. The van der Waals surface area contributed by atoms with E-state index in [-0.39, 0.29) is 12.5 Å². The zero-order valence-corrected chi connectivity index (χ0v) is 15.0. The Morgan fingerprint density at radius 1 is 1.12 bits per heavy atom. The van der Waals surface area contributed by atoms with E-state index in [4.69, 9.17) is 16.3 Å². The van der Waals surface area contributed by atoms with Crippen LogP contribution in [-0.2, 0) is 20.9 Å². The van der Waals surface area contributed by atoms with E-state index in [1.807, 2.05) is 36.4 Å². The Hall–Kier alpha value is -2.11. The molecule has 0 saturated heterocycles. The average Bonchev–Trinajstić information content (AvgIpc) is 2.58. The molecule has 0 bridgehead atoms. The molecule has 0 spiro atoms. The van der Waals surface area contributed by atoms with Gasteiger partial charge in [-0.1, -0.05) is 57.9 Å². The maximum Gasteiger partial charge on any atom is 0.331 e. The highest BCUT2D eigenvalue weighted by atomic mass is 79.9. The topological polar surface area (TPSA) is 55.4 Å². The highest BCUT2D eigenvalue weighted by Crippen LogP contribution is 2.17. The molecule has 0 aliphatic heterocycles. The third-order valence-electron chi connectivity index (χ3n) is 3.05. The van der Waals surface area contributed by atoms with Crippen LogP contribution in [0.4, 0.5) is 0 Å². The van der Waals surface area contributed by atoms with Gasteiger partial charge in [0, 0.05) is 22.1 Å². The van der Waals surface area contributed by atoms with Gasteiger partial charge < -0.3 is 10.1 Å². The van der Waals surface area contributed by atoms with E-state index in [1.54, 1.807) is 18.2 Å². The number of esters is 1. The van der Waals surface area contributed by atoms with Gasteiger partial charge in [-0.25, -0.2) is 4.79 Å². The van der Waals surface area contributed by atoms with Crippen LogP contribution in [0.5, 0.6) is 0 Å². The van der Waals surface area contributed by atoms with E-state index < -0.39 is 5.97 Å². The van der Waals surface area contributed by atoms with Gasteiger partial charge in [-0.3, -0.25) is 4.79 Å². The highest BCUT2D eigenvalue weighted by molar-refractivity contribution is 9.10. The number of rotatable bonds is 6. The van der Waals surface area contributed by atoms with Gasteiger partial charge >= 0.3 is 5.97 Å². The van der Waals surface area contributed by atoms with Gasteiger partial charge in [0.25, 0.3) is 5.91 Å². The van der Waals surface area contributed by atoms with Crippen molar-refractivity contribution in [3.05, 3.63) is 75.2 Å². The van der Waals surface area contributed by atoms with Gasteiger partial charge in [-0.05, 0) is 35.4 Å². The lowest BCUT2D eigenvalue weighted by Crippen LogP contribution is -2.28. The normalized spacial score (nSPS) is 10.6. The number of halogens is 2. The van der Waals surface area contributed by atoms with E-state index in [0.29, 0.717) is 11.6 Å². The van der Waals surface area contributed by atoms with Crippen LogP contribution in [-0.4, -0.2) is 18.5 Å². The summed E-state index contributed by atoms with van der Waals surface area (Å²) in [6, 6.07) is 14.6. The molecule has 2 rings (SSSR count). The number of amides is 1. The van der Waals surface area contributed by atoms with Crippen LogP contribution in [0.2, 0.25) is 5.02 Å². The van der Waals surface area contributed by atoms with Crippen molar-refractivity contribution < 1.29 is 14.3 Å². The lowest BCUT2D eigenvalue weighted by atomic mass is 10.2. The Kier molecular flexibility index (Phi) is 7.03. The molecule has 0 aliphatic rings. The van der Waals surface area contributed by atoms with Crippen molar-refractivity contribution in [3.8, 4) is 0 Å². The minimum Gasteiger partial charge on any atom is -0.452 e. The molecule has 2 aromatic carbocycles. The monoisotopic (exact) mass is 407 g/mol. The zero-order chi connectivity index (χ0) is 17.4. The van der Waals surface area contributed by atoms with E-state index in [9.17, 15) is 9.59 Å². The number of ether oxygens (including phenoxy) is 1. The Morgan fingerprint density at radius 2 is 1.83 bits per heavy atom. The average molecular weight is 409 g/mol. The van der Waals surface area contributed by atoms with E-state index in [0.717, 1.165) is 15.6 Å². The standard InChI is InChI=1S/C18H15BrClNO3/c19-16-4-2-1-3-14(16)7-10-18(23)24-12-17(22)21-11-13-5-8-15(20)9-6-13/h1-10H,11-12H2,(H,21,22)/b10-7+. The molecule has 1 N–H and O–H groups in total. The largest absolute Gasteiger partial charge is 0.452 e. The first-order chi connectivity index (χ1) is 11.5. The molecule has 4 nitrogen and oxygen atoms in total. The van der Waals surface area contributed by atoms with Crippen molar-refractivity contribution in [2.75, 3.05) is 6.61 Å². The van der Waals surface area contributed by atoms with Gasteiger partial charge in [0.05, 0.1) is 0 Å². The molecule has 0 saturated carbocycles. The fraction of sp³-hybridized carbons (Fsp3) is 0.111. The van der Waals surface area contributed by atoms with Crippen LogP contribution in [0.25, 0.3) is 6.08 Å². The number of benzene rings is 2. The predicted octanol–water partition coefficient (Wildman–Crippen LogP) is 3.98. The van der Waals surface area contributed by atoms with Crippen molar-refractivity contribution in [1.82, 2.24) is 5.32 Å². The van der Waals surface area contributed by atoms with E-state index in [1.165, 1.54) is 6.08 Å². The van der Waals surface area contributed by atoms with Crippen LogP contribution in [0.3, 0.4) is 0 Å². The molecular formula is C18H15BrClNO3. The molecule has 0 heterocycles. The van der Waals surface area contributed by atoms with Crippen molar-refractivity contribution >= 4 is 45.5 Å². The predicted molar refractivity (Wildman–Crippen MR) is 97.4 cm³/mol. The van der Waals surface area contributed by atoms with Crippen LogP contribution in [0, 0.1) is 0 Å². The molecule has 124 valence electrons. The fourth-order valence-corrected chi connectivity index (χ4v) is 2.35. The molecule has 0 radical (unpaired) electrons. The molecule has 0 unspecified atom stereocenters. The summed E-state index contributed by atoms with van der Waals surface area (Å²) in [6.07, 6.45) is 2.91. The van der Waals surface area contributed by atoms with E-state index in [2.05, 4.69) is 21.2 Å². The molecule has 0 atom stereocenters. The summed E-state index contributed by atoms with van der Waals surface area (Å²) in [6.45, 7) is 0.0209. The number of carbonyl (C=O) groups excluding carboxylic acids is 2.